The van der Waals surface area contributed by atoms with Crippen molar-refractivity contribution in [2.75, 3.05) is 39.3 Å². The number of ether oxygens (including phenoxy) is 1. The van der Waals surface area contributed by atoms with E-state index in [0.29, 0.717) is 71.9 Å². The molecular formula is C38H47Cl2N7O3. The second-order valence-electron chi connectivity index (χ2n) is 14.7. The van der Waals surface area contributed by atoms with E-state index in [0.717, 1.165) is 37.1 Å². The highest BCUT2D eigenvalue weighted by Crippen LogP contribution is 2.54. The number of nitrogens with zero attached hydrogens (tertiary/aromatic N) is 6. The van der Waals surface area contributed by atoms with Gasteiger partial charge >= 0.3 is 6.03 Å². The summed E-state index contributed by atoms with van der Waals surface area (Å²) in [4.78, 5) is 48.6. The van der Waals surface area contributed by atoms with E-state index in [1.165, 1.54) is 0 Å². The van der Waals surface area contributed by atoms with Gasteiger partial charge in [-0.1, -0.05) is 68.2 Å². The summed E-state index contributed by atoms with van der Waals surface area (Å²) in [5, 5.41) is 4.18. The zero-order chi connectivity index (χ0) is 35.8. The third kappa shape index (κ3) is 6.69. The number of urea groups is 1. The van der Waals surface area contributed by atoms with Gasteiger partial charge in [0.25, 0.3) is 0 Å². The monoisotopic (exact) mass is 719 g/mol. The van der Waals surface area contributed by atoms with Gasteiger partial charge < -0.3 is 15.0 Å². The maximum absolute atomic E-state index is 15.3. The molecule has 0 spiro atoms. The van der Waals surface area contributed by atoms with Gasteiger partial charge in [0.1, 0.15) is 22.7 Å². The van der Waals surface area contributed by atoms with E-state index in [4.69, 9.17) is 42.9 Å². The largest absolute Gasteiger partial charge is 0.477 e. The molecule has 2 saturated heterocycles. The molecule has 0 aliphatic carbocycles. The van der Waals surface area contributed by atoms with Crippen molar-refractivity contribution in [2.45, 2.75) is 83.3 Å². The molecule has 1 aromatic heterocycles. The van der Waals surface area contributed by atoms with Crippen molar-refractivity contribution in [1.82, 2.24) is 30.0 Å². The Morgan fingerprint density at radius 1 is 0.960 bits per heavy atom. The lowest BCUT2D eigenvalue weighted by molar-refractivity contribution is -0.120. The predicted molar refractivity (Wildman–Crippen MR) is 197 cm³/mol. The minimum Gasteiger partial charge on any atom is -0.477 e. The van der Waals surface area contributed by atoms with E-state index in [1.54, 1.807) is 6.20 Å². The summed E-state index contributed by atoms with van der Waals surface area (Å²) in [6, 6.07) is 15.4. The first kappa shape index (κ1) is 36.1. The van der Waals surface area contributed by atoms with Gasteiger partial charge in [0, 0.05) is 66.8 Å². The maximum Gasteiger partial charge on any atom is 0.326 e. The van der Waals surface area contributed by atoms with Crippen LogP contribution in [0.5, 0.6) is 5.88 Å². The van der Waals surface area contributed by atoms with Crippen LogP contribution in [0, 0.1) is 0 Å². The van der Waals surface area contributed by atoms with Crippen LogP contribution in [0.15, 0.2) is 59.7 Å². The molecule has 2 unspecified atom stereocenters. The Balaban J connectivity index is 1.48. The number of carbonyl (C=O) groups excluding carboxylic acids is 2. The number of nitrogens with one attached hydrogen (secondary N) is 1. The third-order valence-corrected chi connectivity index (χ3v) is 11.0. The number of amidine groups is 1. The molecule has 2 atom stereocenters. The number of piperidine rings is 1. The van der Waals surface area contributed by atoms with Gasteiger partial charge in [-0.25, -0.2) is 9.78 Å². The fraction of sp³-hybridized carbons (Fsp3) is 0.500. The number of hydrogen-bond acceptors (Lipinski definition) is 7. The van der Waals surface area contributed by atoms with E-state index >= 15 is 4.79 Å². The number of rotatable bonds is 6. The van der Waals surface area contributed by atoms with Crippen LogP contribution in [0.25, 0.3) is 0 Å². The Morgan fingerprint density at radius 2 is 1.58 bits per heavy atom. The molecule has 2 aromatic carbocycles. The SMILES string of the molecule is CCOc1nc(C(C)(C)C)ncc1C1=NC(C)(c2ccc(Cl)cc2)C(C)(c2ccc(Cl)cc2)N1C(=O)N1CCC(N2CCNC(=O)CC2)CC1. The highest BCUT2D eigenvalue weighted by atomic mass is 35.5. The normalized spacial score (nSPS) is 23.8. The highest BCUT2D eigenvalue weighted by molar-refractivity contribution is 6.30. The van der Waals surface area contributed by atoms with Crippen molar-refractivity contribution < 1.29 is 14.3 Å². The molecule has 266 valence electrons. The van der Waals surface area contributed by atoms with Gasteiger partial charge in [0.2, 0.25) is 11.8 Å². The van der Waals surface area contributed by atoms with Crippen molar-refractivity contribution in [1.29, 1.82) is 0 Å². The Bertz CT molecular complexity index is 1750. The summed E-state index contributed by atoms with van der Waals surface area (Å²) < 4.78 is 6.18. The molecule has 2 fully saturated rings. The van der Waals surface area contributed by atoms with Gasteiger partial charge in [-0.3, -0.25) is 19.6 Å². The van der Waals surface area contributed by atoms with Gasteiger partial charge in [0.05, 0.1) is 12.2 Å². The number of hydrogen-bond donors (Lipinski definition) is 1. The van der Waals surface area contributed by atoms with Crippen LogP contribution < -0.4 is 10.1 Å². The molecule has 3 aromatic rings. The number of carbonyl (C=O) groups is 2. The van der Waals surface area contributed by atoms with Gasteiger partial charge in [-0.2, -0.15) is 4.98 Å². The first-order valence-electron chi connectivity index (χ1n) is 17.5. The fourth-order valence-corrected chi connectivity index (χ4v) is 7.66. The minimum absolute atomic E-state index is 0.0946. The van der Waals surface area contributed by atoms with Crippen molar-refractivity contribution in [3.63, 3.8) is 0 Å². The summed E-state index contributed by atoms with van der Waals surface area (Å²) in [5.74, 6) is 1.55. The molecule has 6 rings (SSSR count). The molecule has 1 N–H and O–H groups in total. The molecule has 0 bridgehead atoms. The van der Waals surface area contributed by atoms with Crippen LogP contribution >= 0.6 is 23.2 Å². The number of aromatic nitrogens is 2. The first-order chi connectivity index (χ1) is 23.8. The molecule has 3 aliphatic rings. The first-order valence-corrected chi connectivity index (χ1v) is 18.2. The van der Waals surface area contributed by atoms with Gasteiger partial charge in [-0.15, -0.1) is 0 Å². The molecule has 50 heavy (non-hydrogen) atoms. The molecule has 10 nitrogen and oxygen atoms in total. The van der Waals surface area contributed by atoms with Gasteiger partial charge in [-0.05, 0) is 69.0 Å². The average Bonchev–Trinajstić information content (AvgIpc) is 3.18. The Labute approximate surface area is 305 Å². The van der Waals surface area contributed by atoms with Crippen molar-refractivity contribution in [2.24, 2.45) is 4.99 Å². The van der Waals surface area contributed by atoms with Crippen LogP contribution in [0.1, 0.15) is 83.3 Å². The summed E-state index contributed by atoms with van der Waals surface area (Å²) >= 11 is 12.8. The number of amides is 3. The van der Waals surface area contributed by atoms with E-state index in [2.05, 4.69) is 44.8 Å². The van der Waals surface area contributed by atoms with Gasteiger partial charge in [0.15, 0.2) is 0 Å². The zero-order valence-electron chi connectivity index (χ0n) is 29.8. The van der Waals surface area contributed by atoms with Crippen LogP contribution in [0.2, 0.25) is 10.0 Å². The molecule has 0 saturated carbocycles. The Hall–Kier alpha value is -3.73. The quantitative estimate of drug-likeness (QED) is 0.302. The Kier molecular flexibility index (Phi) is 10.2. The lowest BCUT2D eigenvalue weighted by atomic mass is 9.71. The molecule has 3 amide bonds. The lowest BCUT2D eigenvalue weighted by Gasteiger charge is -2.47. The summed E-state index contributed by atoms with van der Waals surface area (Å²) in [6.07, 6.45) is 3.85. The maximum atomic E-state index is 15.3. The van der Waals surface area contributed by atoms with E-state index in [-0.39, 0.29) is 17.4 Å². The highest BCUT2D eigenvalue weighted by Gasteiger charge is 2.60. The average molecular weight is 721 g/mol. The molecule has 3 aliphatic heterocycles. The third-order valence-electron chi connectivity index (χ3n) is 10.5. The zero-order valence-corrected chi connectivity index (χ0v) is 31.3. The number of likely N-dealkylation sites (tertiary alicyclic amines) is 1. The predicted octanol–water partition coefficient (Wildman–Crippen LogP) is 6.78. The number of aliphatic imine (C=N–C) groups is 1. The van der Waals surface area contributed by atoms with Crippen LogP contribution in [0.4, 0.5) is 4.79 Å². The standard InChI is InChI=1S/C38H47Cl2N7O3/c1-7-50-33-30(24-42-34(43-33)36(2,3)4)32-44-37(5,25-8-12-27(39)13-9-25)38(6,26-10-14-28(40)15-11-26)47(32)35(49)46-20-16-29(17-21-46)45-22-18-31(48)41-19-23-45/h8-15,24,29H,7,16-23H2,1-6H3,(H,41,48). The number of benzene rings is 2. The van der Waals surface area contributed by atoms with E-state index < -0.39 is 11.1 Å². The topological polar surface area (TPSA) is 103 Å². The smallest absolute Gasteiger partial charge is 0.326 e. The Morgan fingerprint density at radius 3 is 2.18 bits per heavy atom. The number of halogens is 2. The molecule has 0 radical (unpaired) electrons. The summed E-state index contributed by atoms with van der Waals surface area (Å²) in [5.41, 5.74) is -0.0329. The van der Waals surface area contributed by atoms with Crippen molar-refractivity contribution >= 4 is 41.0 Å². The van der Waals surface area contributed by atoms with Crippen LogP contribution in [-0.2, 0) is 21.3 Å². The molecule has 4 heterocycles. The van der Waals surface area contributed by atoms with Crippen LogP contribution in [-0.4, -0.2) is 87.8 Å². The molecule has 12 heteroatoms. The fourth-order valence-electron chi connectivity index (χ4n) is 7.41. The van der Waals surface area contributed by atoms with E-state index in [1.807, 2.05) is 65.3 Å². The minimum atomic E-state index is -1.03. The summed E-state index contributed by atoms with van der Waals surface area (Å²) in [7, 11) is 0. The molecular weight excluding hydrogens is 673 g/mol. The van der Waals surface area contributed by atoms with Crippen molar-refractivity contribution in [3.05, 3.63) is 87.3 Å². The second kappa shape index (κ2) is 14.1. The van der Waals surface area contributed by atoms with Crippen molar-refractivity contribution in [3.8, 4) is 5.88 Å². The van der Waals surface area contributed by atoms with Crippen LogP contribution in [0.3, 0.4) is 0 Å². The summed E-state index contributed by atoms with van der Waals surface area (Å²) in [6.45, 7) is 15.9. The second-order valence-corrected chi connectivity index (χ2v) is 15.5. The van der Waals surface area contributed by atoms with E-state index in [9.17, 15) is 4.79 Å². The lowest BCUT2D eigenvalue weighted by Crippen LogP contribution is -2.59.